The second kappa shape index (κ2) is 6.53. The van der Waals surface area contributed by atoms with Gasteiger partial charge in [0.25, 0.3) is 0 Å². The molecule has 0 aliphatic carbocycles. The molecule has 0 radical (unpaired) electrons. The molecule has 2 heteroatoms. The van der Waals surface area contributed by atoms with Crippen molar-refractivity contribution in [3.8, 4) is 0 Å². The molecule has 1 saturated heterocycles. The smallest absolute Gasteiger partial charge is 0.0236 e. The van der Waals surface area contributed by atoms with Crippen LogP contribution < -0.4 is 0 Å². The summed E-state index contributed by atoms with van der Waals surface area (Å²) in [5.74, 6) is 0. The Kier molecular flexibility index (Phi) is 5.00. The van der Waals surface area contributed by atoms with Crippen LogP contribution in [0.2, 0.25) is 0 Å². The lowest BCUT2D eigenvalue weighted by Crippen LogP contribution is -2.41. The van der Waals surface area contributed by atoms with E-state index < -0.39 is 0 Å². The average molecular weight is 260 g/mol. The Morgan fingerprint density at radius 1 is 1.16 bits per heavy atom. The van der Waals surface area contributed by atoms with E-state index in [1.165, 1.54) is 42.6 Å². The molecule has 0 aromatic heterocycles. The summed E-state index contributed by atoms with van der Waals surface area (Å²) in [5, 5.41) is 0. The SMILES string of the molecule is CCc1ccc(C)cc1CN1CCC(N(C)C)CC1. The van der Waals surface area contributed by atoms with Crippen molar-refractivity contribution in [1.82, 2.24) is 9.80 Å². The first kappa shape index (κ1) is 14.5. The highest BCUT2D eigenvalue weighted by Gasteiger charge is 2.20. The lowest BCUT2D eigenvalue weighted by atomic mass is 9.99. The molecule has 2 nitrogen and oxygen atoms in total. The molecule has 1 aliphatic rings. The standard InChI is InChI=1S/C17H28N2/c1-5-15-7-6-14(2)12-16(15)13-19-10-8-17(9-11-19)18(3)4/h6-7,12,17H,5,8-11,13H2,1-4H3. The first-order valence-corrected chi connectivity index (χ1v) is 7.57. The summed E-state index contributed by atoms with van der Waals surface area (Å²) in [6.07, 6.45) is 3.75. The number of nitrogens with zero attached hydrogens (tertiary/aromatic N) is 2. The molecule has 1 aliphatic heterocycles. The third-order valence-corrected chi connectivity index (χ3v) is 4.42. The predicted molar refractivity (Wildman–Crippen MR) is 82.5 cm³/mol. The molecule has 1 aromatic carbocycles. The van der Waals surface area contributed by atoms with E-state index in [1.807, 2.05) is 0 Å². The van der Waals surface area contributed by atoms with Gasteiger partial charge in [0.05, 0.1) is 0 Å². The summed E-state index contributed by atoms with van der Waals surface area (Å²) >= 11 is 0. The van der Waals surface area contributed by atoms with Crippen LogP contribution in [0.4, 0.5) is 0 Å². The van der Waals surface area contributed by atoms with E-state index in [0.29, 0.717) is 0 Å². The number of rotatable bonds is 4. The van der Waals surface area contributed by atoms with Crippen LogP contribution in [0.1, 0.15) is 36.5 Å². The summed E-state index contributed by atoms with van der Waals surface area (Å²) < 4.78 is 0. The molecular formula is C17H28N2. The monoisotopic (exact) mass is 260 g/mol. The molecule has 1 aromatic rings. The molecule has 106 valence electrons. The van der Waals surface area contributed by atoms with Crippen LogP contribution in [-0.4, -0.2) is 43.0 Å². The van der Waals surface area contributed by atoms with Crippen molar-refractivity contribution in [3.63, 3.8) is 0 Å². The number of hydrogen-bond acceptors (Lipinski definition) is 2. The van der Waals surface area contributed by atoms with Gasteiger partial charge in [-0.3, -0.25) is 4.90 Å². The Labute approximate surface area is 118 Å². The number of benzene rings is 1. The van der Waals surface area contributed by atoms with E-state index in [-0.39, 0.29) is 0 Å². The average Bonchev–Trinajstić information content (AvgIpc) is 2.39. The number of likely N-dealkylation sites (tertiary alicyclic amines) is 1. The van der Waals surface area contributed by atoms with E-state index in [1.54, 1.807) is 0 Å². The fourth-order valence-corrected chi connectivity index (χ4v) is 3.08. The molecule has 0 spiro atoms. The summed E-state index contributed by atoms with van der Waals surface area (Å²) in [5.41, 5.74) is 4.43. The van der Waals surface area contributed by atoms with E-state index in [2.05, 4.69) is 55.9 Å². The van der Waals surface area contributed by atoms with Gasteiger partial charge in [-0.1, -0.05) is 30.7 Å². The maximum Gasteiger partial charge on any atom is 0.0236 e. The molecule has 1 heterocycles. The van der Waals surface area contributed by atoms with Crippen molar-refractivity contribution in [1.29, 1.82) is 0 Å². The summed E-state index contributed by atoms with van der Waals surface area (Å²) in [7, 11) is 4.41. The molecule has 0 bridgehead atoms. The Hall–Kier alpha value is -0.860. The van der Waals surface area contributed by atoms with Gasteiger partial charge < -0.3 is 4.90 Å². The van der Waals surface area contributed by atoms with Crippen molar-refractivity contribution in [2.75, 3.05) is 27.2 Å². The fourth-order valence-electron chi connectivity index (χ4n) is 3.08. The maximum absolute atomic E-state index is 2.62. The maximum atomic E-state index is 2.62. The molecule has 0 N–H and O–H groups in total. The zero-order valence-corrected chi connectivity index (χ0v) is 12.9. The van der Waals surface area contributed by atoms with Gasteiger partial charge in [-0.25, -0.2) is 0 Å². The molecule has 0 unspecified atom stereocenters. The number of aryl methyl sites for hydroxylation is 2. The van der Waals surface area contributed by atoms with Crippen LogP contribution in [0.15, 0.2) is 18.2 Å². The van der Waals surface area contributed by atoms with Gasteiger partial charge in [-0.2, -0.15) is 0 Å². The van der Waals surface area contributed by atoms with Crippen molar-refractivity contribution < 1.29 is 0 Å². The predicted octanol–water partition coefficient (Wildman–Crippen LogP) is 3.08. The first-order chi connectivity index (χ1) is 9.10. The summed E-state index contributed by atoms with van der Waals surface area (Å²) in [6.45, 7) is 8.05. The topological polar surface area (TPSA) is 6.48 Å². The van der Waals surface area contributed by atoms with E-state index in [4.69, 9.17) is 0 Å². The minimum absolute atomic E-state index is 0.777. The highest BCUT2D eigenvalue weighted by Crippen LogP contribution is 2.19. The Bertz CT molecular complexity index is 404. The van der Waals surface area contributed by atoms with Crippen LogP contribution in [0.5, 0.6) is 0 Å². The van der Waals surface area contributed by atoms with Crippen LogP contribution in [0, 0.1) is 6.92 Å². The zero-order chi connectivity index (χ0) is 13.8. The van der Waals surface area contributed by atoms with Crippen molar-refractivity contribution in [2.45, 2.75) is 45.7 Å². The summed E-state index contributed by atoms with van der Waals surface area (Å²) in [4.78, 5) is 5.00. The molecular weight excluding hydrogens is 232 g/mol. The quantitative estimate of drug-likeness (QED) is 0.821. The van der Waals surface area contributed by atoms with Crippen molar-refractivity contribution in [2.24, 2.45) is 0 Å². The van der Waals surface area contributed by atoms with Crippen molar-refractivity contribution >= 4 is 0 Å². The zero-order valence-electron chi connectivity index (χ0n) is 12.9. The minimum atomic E-state index is 0.777. The third-order valence-electron chi connectivity index (χ3n) is 4.42. The Balaban J connectivity index is 1.97. The third kappa shape index (κ3) is 3.80. The van der Waals surface area contributed by atoms with Crippen molar-refractivity contribution in [3.05, 3.63) is 34.9 Å². The lowest BCUT2D eigenvalue weighted by Gasteiger charge is -2.35. The highest BCUT2D eigenvalue weighted by atomic mass is 15.2. The van der Waals surface area contributed by atoms with E-state index in [0.717, 1.165) is 19.0 Å². The fraction of sp³-hybridized carbons (Fsp3) is 0.647. The van der Waals surface area contributed by atoms with Gasteiger partial charge in [0, 0.05) is 12.6 Å². The molecule has 1 fully saturated rings. The number of piperidine rings is 1. The summed E-state index contributed by atoms with van der Waals surface area (Å²) in [6, 6.07) is 7.69. The van der Waals surface area contributed by atoms with Gasteiger partial charge in [-0.15, -0.1) is 0 Å². The first-order valence-electron chi connectivity index (χ1n) is 7.57. The Morgan fingerprint density at radius 2 is 1.84 bits per heavy atom. The van der Waals surface area contributed by atoms with Gasteiger partial charge in [-0.05, 0) is 64.5 Å². The van der Waals surface area contributed by atoms with Gasteiger partial charge in [0.2, 0.25) is 0 Å². The second-order valence-electron chi connectivity index (χ2n) is 6.10. The van der Waals surface area contributed by atoms with E-state index in [9.17, 15) is 0 Å². The van der Waals surface area contributed by atoms with Crippen LogP contribution in [0.3, 0.4) is 0 Å². The van der Waals surface area contributed by atoms with Crippen LogP contribution >= 0.6 is 0 Å². The largest absolute Gasteiger partial charge is 0.306 e. The molecule has 2 rings (SSSR count). The van der Waals surface area contributed by atoms with Gasteiger partial charge >= 0.3 is 0 Å². The highest BCUT2D eigenvalue weighted by molar-refractivity contribution is 5.31. The second-order valence-corrected chi connectivity index (χ2v) is 6.10. The molecule has 19 heavy (non-hydrogen) atoms. The van der Waals surface area contributed by atoms with Crippen LogP contribution in [-0.2, 0) is 13.0 Å². The van der Waals surface area contributed by atoms with E-state index >= 15 is 0 Å². The number of hydrogen-bond donors (Lipinski definition) is 0. The Morgan fingerprint density at radius 3 is 2.42 bits per heavy atom. The minimum Gasteiger partial charge on any atom is -0.306 e. The molecule has 0 saturated carbocycles. The van der Waals surface area contributed by atoms with Crippen LogP contribution in [0.25, 0.3) is 0 Å². The van der Waals surface area contributed by atoms with Gasteiger partial charge in [0.15, 0.2) is 0 Å². The molecule has 0 amide bonds. The van der Waals surface area contributed by atoms with Gasteiger partial charge in [0.1, 0.15) is 0 Å². The molecule has 0 atom stereocenters. The lowest BCUT2D eigenvalue weighted by molar-refractivity contribution is 0.140. The normalized spacial score (nSPS) is 18.2.